The van der Waals surface area contributed by atoms with Crippen LogP contribution in [0.25, 0.3) is 0 Å². The zero-order valence-electron chi connectivity index (χ0n) is 12.0. The van der Waals surface area contributed by atoms with Gasteiger partial charge >= 0.3 is 0 Å². The fourth-order valence-electron chi connectivity index (χ4n) is 3.44. The highest BCUT2D eigenvalue weighted by molar-refractivity contribution is 5.97. The number of hydrogen-bond acceptors (Lipinski definition) is 4. The second kappa shape index (κ2) is 4.00. The molecule has 0 unspecified atom stereocenters. The summed E-state index contributed by atoms with van der Waals surface area (Å²) in [4.78, 5) is 17.1. The standard InChI is InChI=1S/C17H14N4O/c22-16(15-12-9-10-8-11(10)14(12)20-21-15)19-17(5-3-6-17)13-4-1-2-7-18-13/h1-2,4,7,9H,3,5-6,8H2,(H,19,22). The smallest absolute Gasteiger partial charge is 0.273 e. The molecule has 5 heteroatoms. The minimum absolute atomic E-state index is 0.141. The van der Waals surface area contributed by atoms with Crippen LogP contribution in [0.2, 0.25) is 0 Å². The van der Waals surface area contributed by atoms with E-state index in [1.165, 1.54) is 11.1 Å². The van der Waals surface area contributed by atoms with Crippen LogP contribution < -0.4 is 5.32 Å². The third-order valence-electron chi connectivity index (χ3n) is 4.92. The number of pyridine rings is 1. The first kappa shape index (κ1) is 12.0. The highest BCUT2D eigenvalue weighted by atomic mass is 16.2. The minimum Gasteiger partial charge on any atom is -0.340 e. The van der Waals surface area contributed by atoms with Crippen molar-refractivity contribution in [3.8, 4) is 0 Å². The predicted molar refractivity (Wildman–Crippen MR) is 79.5 cm³/mol. The zero-order chi connectivity index (χ0) is 14.7. The maximum Gasteiger partial charge on any atom is 0.273 e. The maximum atomic E-state index is 12.7. The molecule has 0 bridgehead atoms. The van der Waals surface area contributed by atoms with Crippen molar-refractivity contribution in [2.45, 2.75) is 31.2 Å². The van der Waals surface area contributed by atoms with Crippen molar-refractivity contribution in [2.75, 3.05) is 0 Å². The summed E-state index contributed by atoms with van der Waals surface area (Å²) in [6.07, 6.45) is 7.77. The van der Waals surface area contributed by atoms with Crippen LogP contribution in [-0.4, -0.2) is 10.9 Å². The molecule has 4 aliphatic rings. The Morgan fingerprint density at radius 2 is 2.14 bits per heavy atom. The summed E-state index contributed by atoms with van der Waals surface area (Å²) in [6, 6.07) is 5.83. The van der Waals surface area contributed by atoms with Crippen LogP contribution in [0.15, 0.2) is 68.8 Å². The van der Waals surface area contributed by atoms with Crippen LogP contribution in [0.5, 0.6) is 0 Å². The van der Waals surface area contributed by atoms with Crippen molar-refractivity contribution in [2.24, 2.45) is 10.2 Å². The van der Waals surface area contributed by atoms with Crippen LogP contribution >= 0.6 is 0 Å². The highest BCUT2D eigenvalue weighted by Gasteiger charge is 2.44. The average Bonchev–Trinajstić information content (AvgIpc) is 2.99. The van der Waals surface area contributed by atoms with E-state index in [0.717, 1.165) is 42.6 Å². The highest BCUT2D eigenvalue weighted by Crippen LogP contribution is 2.52. The number of rotatable bonds is 3. The van der Waals surface area contributed by atoms with Crippen LogP contribution in [-0.2, 0) is 10.3 Å². The summed E-state index contributed by atoms with van der Waals surface area (Å²) in [5.41, 5.74) is 5.39. The summed E-state index contributed by atoms with van der Waals surface area (Å²) >= 11 is 0. The first-order chi connectivity index (χ1) is 10.8. The van der Waals surface area contributed by atoms with Crippen molar-refractivity contribution in [1.82, 2.24) is 10.3 Å². The fourth-order valence-corrected chi connectivity index (χ4v) is 3.44. The van der Waals surface area contributed by atoms with Crippen molar-refractivity contribution < 1.29 is 4.79 Å². The number of azo groups is 1. The van der Waals surface area contributed by atoms with Crippen LogP contribution in [0, 0.1) is 0 Å². The molecule has 5 rings (SSSR count). The topological polar surface area (TPSA) is 66.7 Å². The molecule has 0 saturated heterocycles. The van der Waals surface area contributed by atoms with Crippen molar-refractivity contribution in [1.29, 1.82) is 0 Å². The second-order valence-corrected chi connectivity index (χ2v) is 6.24. The normalized spacial score (nSPS) is 23.0. The Hall–Kier alpha value is -2.56. The molecule has 0 atom stereocenters. The van der Waals surface area contributed by atoms with Gasteiger partial charge in [0.05, 0.1) is 16.9 Å². The van der Waals surface area contributed by atoms with E-state index in [9.17, 15) is 4.79 Å². The van der Waals surface area contributed by atoms with Gasteiger partial charge in [0, 0.05) is 18.2 Å². The summed E-state index contributed by atoms with van der Waals surface area (Å²) in [6.45, 7) is 0. The SMILES string of the molecule is O=C(NC1(c2ccccn2)CCC1)C1=C2C=C3CC3=C2N=N1. The Balaban J connectivity index is 1.46. The summed E-state index contributed by atoms with van der Waals surface area (Å²) < 4.78 is 0. The number of allylic oxidation sites excluding steroid dienone is 3. The molecule has 0 spiro atoms. The molecule has 3 aliphatic carbocycles. The summed E-state index contributed by atoms with van der Waals surface area (Å²) in [5, 5.41) is 11.4. The van der Waals surface area contributed by atoms with Gasteiger partial charge in [0.2, 0.25) is 0 Å². The molecule has 2 saturated carbocycles. The molecule has 1 amide bonds. The number of hydrogen-bond donors (Lipinski definition) is 1. The Morgan fingerprint density at radius 3 is 2.86 bits per heavy atom. The first-order valence-electron chi connectivity index (χ1n) is 7.61. The van der Waals surface area contributed by atoms with Gasteiger partial charge in [-0.3, -0.25) is 9.78 Å². The molecule has 22 heavy (non-hydrogen) atoms. The lowest BCUT2D eigenvalue weighted by Gasteiger charge is -2.41. The number of carbonyl (C=O) groups excluding carboxylic acids is 1. The van der Waals surface area contributed by atoms with Gasteiger partial charge in [-0.25, -0.2) is 0 Å². The van der Waals surface area contributed by atoms with Gasteiger partial charge < -0.3 is 5.32 Å². The number of fused-ring (bicyclic) bond motifs is 2. The average molecular weight is 290 g/mol. The van der Waals surface area contributed by atoms with Gasteiger partial charge in [-0.15, -0.1) is 10.2 Å². The fraction of sp³-hybridized carbons (Fsp3) is 0.294. The van der Waals surface area contributed by atoms with Gasteiger partial charge in [-0.1, -0.05) is 6.07 Å². The second-order valence-electron chi connectivity index (χ2n) is 6.24. The molecule has 1 N–H and O–H groups in total. The molecule has 0 radical (unpaired) electrons. The summed E-state index contributed by atoms with van der Waals surface area (Å²) in [5.74, 6) is -0.141. The van der Waals surface area contributed by atoms with Crippen molar-refractivity contribution in [3.63, 3.8) is 0 Å². The lowest BCUT2D eigenvalue weighted by Crippen LogP contribution is -2.51. The quantitative estimate of drug-likeness (QED) is 0.930. The van der Waals surface area contributed by atoms with E-state index >= 15 is 0 Å². The van der Waals surface area contributed by atoms with E-state index < -0.39 is 0 Å². The maximum absolute atomic E-state index is 12.7. The van der Waals surface area contributed by atoms with E-state index in [2.05, 4.69) is 20.5 Å². The molecule has 1 aromatic rings. The van der Waals surface area contributed by atoms with E-state index in [1.54, 1.807) is 6.20 Å². The molecule has 1 aromatic heterocycles. The van der Waals surface area contributed by atoms with E-state index in [-0.39, 0.29) is 11.4 Å². The third kappa shape index (κ3) is 1.53. The number of amides is 1. The molecule has 108 valence electrons. The minimum atomic E-state index is -0.341. The molecule has 5 nitrogen and oxygen atoms in total. The van der Waals surface area contributed by atoms with Crippen LogP contribution in [0.1, 0.15) is 31.4 Å². The Bertz CT molecular complexity index is 825. The molecule has 2 heterocycles. The van der Waals surface area contributed by atoms with E-state index in [1.807, 2.05) is 24.3 Å². The number of aromatic nitrogens is 1. The predicted octanol–water partition coefficient (Wildman–Crippen LogP) is 2.89. The van der Waals surface area contributed by atoms with Gasteiger partial charge in [-0.2, -0.15) is 0 Å². The van der Waals surface area contributed by atoms with Crippen molar-refractivity contribution >= 4 is 5.91 Å². The lowest BCUT2D eigenvalue weighted by molar-refractivity contribution is -0.120. The first-order valence-corrected chi connectivity index (χ1v) is 7.61. The monoisotopic (exact) mass is 290 g/mol. The van der Waals surface area contributed by atoms with Gasteiger partial charge in [0.25, 0.3) is 5.91 Å². The van der Waals surface area contributed by atoms with Gasteiger partial charge in [0.15, 0.2) is 5.70 Å². The Labute approximate surface area is 127 Å². The zero-order valence-corrected chi connectivity index (χ0v) is 12.0. The number of carbonyl (C=O) groups is 1. The third-order valence-corrected chi connectivity index (χ3v) is 4.92. The van der Waals surface area contributed by atoms with Crippen LogP contribution in [0.4, 0.5) is 0 Å². The van der Waals surface area contributed by atoms with E-state index in [0.29, 0.717) is 5.70 Å². The largest absolute Gasteiger partial charge is 0.340 e. The molecule has 2 fully saturated rings. The molecule has 0 aromatic carbocycles. The molecule has 1 aliphatic heterocycles. The van der Waals surface area contributed by atoms with Gasteiger partial charge in [0.1, 0.15) is 0 Å². The number of nitrogens with zero attached hydrogens (tertiary/aromatic N) is 3. The van der Waals surface area contributed by atoms with Crippen LogP contribution in [0.3, 0.4) is 0 Å². The Kier molecular flexibility index (Phi) is 2.19. The van der Waals surface area contributed by atoms with E-state index in [4.69, 9.17) is 0 Å². The summed E-state index contributed by atoms with van der Waals surface area (Å²) in [7, 11) is 0. The lowest BCUT2D eigenvalue weighted by atomic mass is 9.74. The van der Waals surface area contributed by atoms with Gasteiger partial charge in [-0.05, 0) is 48.6 Å². The number of nitrogens with one attached hydrogen (secondary N) is 1. The van der Waals surface area contributed by atoms with Crippen molar-refractivity contribution in [3.05, 3.63) is 64.3 Å². The molecular formula is C17H14N4O. The Morgan fingerprint density at radius 1 is 1.23 bits per heavy atom. The molecular weight excluding hydrogens is 276 g/mol.